The number of nitrogens with zero attached hydrogens (tertiary/aromatic N) is 1. The summed E-state index contributed by atoms with van der Waals surface area (Å²) in [6.07, 6.45) is 0.789. The predicted molar refractivity (Wildman–Crippen MR) is 98.8 cm³/mol. The number of hydrogen-bond donors (Lipinski definition) is 1. The second-order valence-corrected chi connectivity index (χ2v) is 8.37. The molecule has 0 radical (unpaired) electrons. The molecule has 128 valence electrons. The van der Waals surface area contributed by atoms with E-state index in [2.05, 4.69) is 21.2 Å². The summed E-state index contributed by atoms with van der Waals surface area (Å²) in [7, 11) is -0.742. The van der Waals surface area contributed by atoms with E-state index in [0.717, 1.165) is 22.0 Å². The van der Waals surface area contributed by atoms with Crippen LogP contribution in [0.4, 0.5) is 5.69 Å². The van der Waals surface area contributed by atoms with Gasteiger partial charge < -0.3 is 5.32 Å². The SMILES string of the molecule is CCc1ccccc1NC(=O)c1ccc(Br)c(S(=O)(=O)N(C)C)c1. The number of halogens is 1. The number of anilines is 1. The van der Waals surface area contributed by atoms with Crippen molar-refractivity contribution in [3.05, 3.63) is 58.1 Å². The Morgan fingerprint density at radius 3 is 2.46 bits per heavy atom. The highest BCUT2D eigenvalue weighted by molar-refractivity contribution is 9.10. The number of aryl methyl sites for hydroxylation is 1. The molecule has 1 N–H and O–H groups in total. The number of benzene rings is 2. The zero-order valence-corrected chi connectivity index (χ0v) is 16.1. The van der Waals surface area contributed by atoms with Crippen molar-refractivity contribution in [1.29, 1.82) is 0 Å². The average Bonchev–Trinajstić information content (AvgIpc) is 2.55. The smallest absolute Gasteiger partial charge is 0.255 e. The fraction of sp³-hybridized carbons (Fsp3) is 0.235. The van der Waals surface area contributed by atoms with Crippen LogP contribution >= 0.6 is 15.9 Å². The summed E-state index contributed by atoms with van der Waals surface area (Å²) in [6.45, 7) is 2.01. The third-order valence-electron chi connectivity index (χ3n) is 3.60. The van der Waals surface area contributed by atoms with E-state index in [0.29, 0.717) is 4.47 Å². The molecule has 0 aliphatic carbocycles. The Morgan fingerprint density at radius 2 is 1.83 bits per heavy atom. The molecule has 2 aromatic carbocycles. The van der Waals surface area contributed by atoms with Gasteiger partial charge in [0.1, 0.15) is 0 Å². The third kappa shape index (κ3) is 3.85. The van der Waals surface area contributed by atoms with E-state index >= 15 is 0 Å². The lowest BCUT2D eigenvalue weighted by molar-refractivity contribution is 0.102. The number of carbonyl (C=O) groups is 1. The minimum absolute atomic E-state index is 0.0592. The van der Waals surface area contributed by atoms with E-state index in [1.54, 1.807) is 12.1 Å². The molecule has 0 aliphatic heterocycles. The highest BCUT2D eigenvalue weighted by atomic mass is 79.9. The standard InChI is InChI=1S/C17H19BrN2O3S/c1-4-12-7-5-6-8-15(12)19-17(21)13-9-10-14(18)16(11-13)24(22,23)20(2)3/h5-11H,4H2,1-3H3,(H,19,21). The van der Waals surface area contributed by atoms with Crippen LogP contribution in [0.2, 0.25) is 0 Å². The van der Waals surface area contributed by atoms with Crippen LogP contribution in [0.3, 0.4) is 0 Å². The van der Waals surface area contributed by atoms with Crippen molar-refractivity contribution in [2.75, 3.05) is 19.4 Å². The van der Waals surface area contributed by atoms with Crippen molar-refractivity contribution in [3.63, 3.8) is 0 Å². The highest BCUT2D eigenvalue weighted by Crippen LogP contribution is 2.26. The lowest BCUT2D eigenvalue weighted by Gasteiger charge is -2.14. The van der Waals surface area contributed by atoms with Crippen molar-refractivity contribution in [2.45, 2.75) is 18.2 Å². The Labute approximate surface area is 150 Å². The minimum atomic E-state index is -3.64. The van der Waals surface area contributed by atoms with Gasteiger partial charge in [-0.1, -0.05) is 25.1 Å². The molecule has 0 aromatic heterocycles. The molecule has 0 saturated heterocycles. The fourth-order valence-corrected chi connectivity index (χ4v) is 4.03. The second-order valence-electron chi connectivity index (χ2n) is 5.40. The molecule has 2 aromatic rings. The summed E-state index contributed by atoms with van der Waals surface area (Å²) in [5.74, 6) is -0.349. The van der Waals surface area contributed by atoms with Crippen molar-refractivity contribution < 1.29 is 13.2 Å². The zero-order valence-electron chi connectivity index (χ0n) is 13.7. The van der Waals surface area contributed by atoms with E-state index in [1.807, 2.05) is 31.2 Å². The van der Waals surface area contributed by atoms with E-state index in [4.69, 9.17) is 0 Å². The fourth-order valence-electron chi connectivity index (χ4n) is 2.18. The molecule has 5 nitrogen and oxygen atoms in total. The Hall–Kier alpha value is -1.70. The van der Waals surface area contributed by atoms with Crippen LogP contribution in [-0.2, 0) is 16.4 Å². The van der Waals surface area contributed by atoms with Gasteiger partial charge in [-0.3, -0.25) is 4.79 Å². The van der Waals surface area contributed by atoms with Gasteiger partial charge in [0.2, 0.25) is 10.0 Å². The van der Waals surface area contributed by atoms with Crippen molar-refractivity contribution >= 4 is 37.5 Å². The Kier molecular flexibility index (Phi) is 5.79. The summed E-state index contributed by atoms with van der Waals surface area (Å²) in [5.41, 5.74) is 2.03. The van der Waals surface area contributed by atoms with Crippen LogP contribution in [0.25, 0.3) is 0 Å². The first-order valence-electron chi connectivity index (χ1n) is 7.38. The molecule has 0 unspecified atom stereocenters. The largest absolute Gasteiger partial charge is 0.322 e. The minimum Gasteiger partial charge on any atom is -0.322 e. The van der Waals surface area contributed by atoms with Crippen LogP contribution in [-0.4, -0.2) is 32.7 Å². The lowest BCUT2D eigenvalue weighted by atomic mass is 10.1. The van der Waals surface area contributed by atoms with Gasteiger partial charge in [0, 0.05) is 29.8 Å². The molecule has 0 fully saturated rings. The van der Waals surface area contributed by atoms with Gasteiger partial charge >= 0.3 is 0 Å². The predicted octanol–water partition coefficient (Wildman–Crippen LogP) is 3.51. The normalized spacial score (nSPS) is 11.5. The van der Waals surface area contributed by atoms with Gasteiger partial charge in [-0.15, -0.1) is 0 Å². The Morgan fingerprint density at radius 1 is 1.17 bits per heavy atom. The molecule has 0 atom stereocenters. The maximum atomic E-state index is 12.5. The van der Waals surface area contributed by atoms with E-state index in [-0.39, 0.29) is 16.4 Å². The Balaban J connectivity index is 2.38. The van der Waals surface area contributed by atoms with Gasteiger partial charge in [0.05, 0.1) is 4.90 Å². The summed E-state index contributed by atoms with van der Waals surface area (Å²) in [5, 5.41) is 2.84. The lowest BCUT2D eigenvalue weighted by Crippen LogP contribution is -2.23. The van der Waals surface area contributed by atoms with Gasteiger partial charge in [-0.25, -0.2) is 12.7 Å². The third-order valence-corrected chi connectivity index (χ3v) is 6.41. The topological polar surface area (TPSA) is 66.5 Å². The first-order valence-corrected chi connectivity index (χ1v) is 9.62. The van der Waals surface area contributed by atoms with E-state index in [9.17, 15) is 13.2 Å². The van der Waals surface area contributed by atoms with Crippen LogP contribution in [0, 0.1) is 0 Å². The van der Waals surface area contributed by atoms with Crippen LogP contribution in [0.1, 0.15) is 22.8 Å². The van der Waals surface area contributed by atoms with Gasteiger partial charge in [0.15, 0.2) is 0 Å². The number of carbonyl (C=O) groups excluding carboxylic acids is 1. The number of para-hydroxylation sites is 1. The molecule has 0 bridgehead atoms. The molecule has 1 amide bonds. The van der Waals surface area contributed by atoms with Crippen LogP contribution < -0.4 is 5.32 Å². The van der Waals surface area contributed by atoms with Gasteiger partial charge in [-0.2, -0.15) is 0 Å². The second kappa shape index (κ2) is 7.46. The first-order chi connectivity index (χ1) is 11.3. The summed E-state index contributed by atoms with van der Waals surface area (Å²) in [6, 6.07) is 12.1. The van der Waals surface area contributed by atoms with Crippen LogP contribution in [0.5, 0.6) is 0 Å². The quantitative estimate of drug-likeness (QED) is 0.819. The molecule has 0 spiro atoms. The van der Waals surface area contributed by atoms with Crippen molar-refractivity contribution in [3.8, 4) is 0 Å². The van der Waals surface area contributed by atoms with E-state index in [1.165, 1.54) is 20.2 Å². The monoisotopic (exact) mass is 410 g/mol. The number of hydrogen-bond acceptors (Lipinski definition) is 3. The van der Waals surface area contributed by atoms with E-state index < -0.39 is 10.0 Å². The number of sulfonamides is 1. The summed E-state index contributed by atoms with van der Waals surface area (Å²) >= 11 is 3.24. The summed E-state index contributed by atoms with van der Waals surface area (Å²) < 4.78 is 26.2. The first kappa shape index (κ1) is 18.6. The number of nitrogens with one attached hydrogen (secondary N) is 1. The molecular formula is C17H19BrN2O3S. The van der Waals surface area contributed by atoms with Gasteiger partial charge in [0.25, 0.3) is 5.91 Å². The summed E-state index contributed by atoms with van der Waals surface area (Å²) in [4.78, 5) is 12.6. The maximum absolute atomic E-state index is 12.5. The molecule has 0 heterocycles. The molecule has 7 heteroatoms. The molecule has 2 rings (SSSR count). The average molecular weight is 411 g/mol. The highest BCUT2D eigenvalue weighted by Gasteiger charge is 2.22. The van der Waals surface area contributed by atoms with Crippen molar-refractivity contribution in [1.82, 2.24) is 4.31 Å². The zero-order chi connectivity index (χ0) is 17.9. The molecule has 0 saturated carbocycles. The maximum Gasteiger partial charge on any atom is 0.255 e. The van der Waals surface area contributed by atoms with Gasteiger partial charge in [-0.05, 0) is 52.2 Å². The molecular weight excluding hydrogens is 392 g/mol. The number of rotatable bonds is 5. The molecule has 24 heavy (non-hydrogen) atoms. The van der Waals surface area contributed by atoms with Crippen molar-refractivity contribution in [2.24, 2.45) is 0 Å². The molecule has 0 aliphatic rings. The van der Waals surface area contributed by atoms with Crippen LogP contribution in [0.15, 0.2) is 51.8 Å². The number of amides is 1. The Bertz CT molecular complexity index is 864.